The average Bonchev–Trinajstić information content (AvgIpc) is 3.04. The summed E-state index contributed by atoms with van der Waals surface area (Å²) in [5.41, 5.74) is 2.19. The summed E-state index contributed by atoms with van der Waals surface area (Å²) in [6.07, 6.45) is 0. The number of benzene rings is 1. The maximum absolute atomic E-state index is 10.8. The number of aryl methyl sites for hydroxylation is 1. The fourth-order valence-electron chi connectivity index (χ4n) is 2.03. The fourth-order valence-corrected chi connectivity index (χ4v) is 3.94. The largest absolute Gasteiger partial charge is 0.346 e. The van der Waals surface area contributed by atoms with Crippen LogP contribution in [-0.4, -0.2) is 17.0 Å². The maximum atomic E-state index is 10.8. The predicted octanol–water partition coefficient (Wildman–Crippen LogP) is 4.21. The number of thiazole rings is 1. The third-order valence-corrected chi connectivity index (χ3v) is 5.39. The Morgan fingerprint density at radius 1 is 1.38 bits per heavy atom. The highest BCUT2D eigenvalue weighted by molar-refractivity contribution is 7.22. The molecule has 0 spiro atoms. The van der Waals surface area contributed by atoms with Gasteiger partial charge in [0.15, 0.2) is 5.13 Å². The van der Waals surface area contributed by atoms with Gasteiger partial charge in [-0.1, -0.05) is 11.3 Å². The van der Waals surface area contributed by atoms with Gasteiger partial charge in [-0.25, -0.2) is 4.98 Å². The summed E-state index contributed by atoms with van der Waals surface area (Å²) < 4.78 is 0.842. The molecular weight excluding hydrogens is 306 g/mol. The molecule has 0 fully saturated rings. The molecule has 3 rings (SSSR count). The fraction of sp³-hybridized carbons (Fsp3) is 0.214. The number of hydrogen-bond donors (Lipinski definition) is 0. The highest BCUT2D eigenvalue weighted by Gasteiger charge is 2.13. The quantitative estimate of drug-likeness (QED) is 0.534. The van der Waals surface area contributed by atoms with E-state index in [1.807, 2.05) is 7.05 Å². The minimum Gasteiger partial charge on any atom is -0.346 e. The SMILES string of the molecule is Cc1ccsc1CN(C)c1nc2ccc([N+](=O)[O-])cc2s1. The first-order valence-electron chi connectivity index (χ1n) is 6.33. The first-order chi connectivity index (χ1) is 10.0. The number of nitro groups is 1. The van der Waals surface area contributed by atoms with Crippen LogP contribution in [0.2, 0.25) is 0 Å². The van der Waals surface area contributed by atoms with Crippen LogP contribution < -0.4 is 4.90 Å². The number of anilines is 1. The van der Waals surface area contributed by atoms with Gasteiger partial charge < -0.3 is 4.90 Å². The van der Waals surface area contributed by atoms with Crippen LogP contribution in [-0.2, 0) is 6.54 Å². The highest BCUT2D eigenvalue weighted by atomic mass is 32.1. The molecule has 2 aromatic heterocycles. The van der Waals surface area contributed by atoms with E-state index in [2.05, 4.69) is 28.3 Å². The Morgan fingerprint density at radius 3 is 2.86 bits per heavy atom. The van der Waals surface area contributed by atoms with Crippen LogP contribution in [0.25, 0.3) is 10.2 Å². The molecule has 0 saturated heterocycles. The standard InChI is InChI=1S/C14H13N3O2S2/c1-9-5-6-20-13(9)8-16(2)14-15-11-4-3-10(17(18)19)7-12(11)21-14/h3-7H,8H2,1-2H3. The Bertz CT molecular complexity index is 810. The van der Waals surface area contributed by atoms with Gasteiger partial charge in [0.1, 0.15) is 0 Å². The smallest absolute Gasteiger partial charge is 0.270 e. The highest BCUT2D eigenvalue weighted by Crippen LogP contribution is 2.32. The van der Waals surface area contributed by atoms with Crippen molar-refractivity contribution >= 4 is 43.7 Å². The zero-order valence-corrected chi connectivity index (χ0v) is 13.2. The zero-order valence-electron chi connectivity index (χ0n) is 11.6. The van der Waals surface area contributed by atoms with E-state index in [0.29, 0.717) is 0 Å². The molecule has 0 unspecified atom stereocenters. The van der Waals surface area contributed by atoms with Gasteiger partial charge in [0.2, 0.25) is 0 Å². The van der Waals surface area contributed by atoms with Crippen LogP contribution in [0.5, 0.6) is 0 Å². The Hall–Kier alpha value is -1.99. The summed E-state index contributed by atoms with van der Waals surface area (Å²) in [6.45, 7) is 2.90. The Balaban J connectivity index is 1.90. The third-order valence-electron chi connectivity index (χ3n) is 3.25. The number of thiophene rings is 1. The molecule has 0 aliphatic carbocycles. The number of fused-ring (bicyclic) bond motifs is 1. The van der Waals surface area contributed by atoms with Crippen LogP contribution in [0.15, 0.2) is 29.6 Å². The molecule has 21 heavy (non-hydrogen) atoms. The minimum absolute atomic E-state index is 0.106. The van der Waals surface area contributed by atoms with Crippen LogP contribution in [0.1, 0.15) is 10.4 Å². The van der Waals surface area contributed by atoms with E-state index in [0.717, 1.165) is 21.9 Å². The van der Waals surface area contributed by atoms with Crippen LogP contribution in [0.3, 0.4) is 0 Å². The Morgan fingerprint density at radius 2 is 2.19 bits per heavy atom. The number of rotatable bonds is 4. The normalized spacial score (nSPS) is 11.0. The first kappa shape index (κ1) is 14.0. The summed E-state index contributed by atoms with van der Waals surface area (Å²) in [4.78, 5) is 18.4. The molecule has 3 aromatic rings. The van der Waals surface area contributed by atoms with Gasteiger partial charge in [-0.15, -0.1) is 11.3 Å². The van der Waals surface area contributed by atoms with Gasteiger partial charge in [0, 0.05) is 24.1 Å². The summed E-state index contributed by atoms with van der Waals surface area (Å²) in [7, 11) is 1.99. The van der Waals surface area contributed by atoms with Crippen molar-refractivity contribution in [1.82, 2.24) is 4.98 Å². The van der Waals surface area contributed by atoms with E-state index in [1.165, 1.54) is 27.8 Å². The summed E-state index contributed by atoms with van der Waals surface area (Å²) in [6, 6.07) is 6.89. The van der Waals surface area contributed by atoms with Crippen molar-refractivity contribution in [3.63, 3.8) is 0 Å². The van der Waals surface area contributed by atoms with Gasteiger partial charge in [-0.3, -0.25) is 10.1 Å². The zero-order chi connectivity index (χ0) is 15.0. The molecule has 5 nitrogen and oxygen atoms in total. The second-order valence-corrected chi connectivity index (χ2v) is 6.80. The molecule has 0 bridgehead atoms. The van der Waals surface area contributed by atoms with E-state index < -0.39 is 0 Å². The lowest BCUT2D eigenvalue weighted by Gasteiger charge is -2.14. The van der Waals surface area contributed by atoms with Crippen LogP contribution in [0.4, 0.5) is 10.8 Å². The van der Waals surface area contributed by atoms with E-state index >= 15 is 0 Å². The topological polar surface area (TPSA) is 59.3 Å². The summed E-state index contributed by atoms with van der Waals surface area (Å²) >= 11 is 3.21. The van der Waals surface area contributed by atoms with Gasteiger partial charge in [0.05, 0.1) is 21.7 Å². The molecule has 0 atom stereocenters. The second kappa shape index (κ2) is 5.42. The number of nitrogens with zero attached hydrogens (tertiary/aromatic N) is 3. The van der Waals surface area contributed by atoms with E-state index in [9.17, 15) is 10.1 Å². The van der Waals surface area contributed by atoms with E-state index in [4.69, 9.17) is 0 Å². The molecule has 0 radical (unpaired) electrons. The molecular formula is C14H13N3O2S2. The van der Waals surface area contributed by atoms with Crippen molar-refractivity contribution in [3.05, 3.63) is 50.2 Å². The van der Waals surface area contributed by atoms with Gasteiger partial charge >= 0.3 is 0 Å². The van der Waals surface area contributed by atoms with E-state index in [1.54, 1.807) is 23.5 Å². The van der Waals surface area contributed by atoms with Gasteiger partial charge in [0.25, 0.3) is 5.69 Å². The lowest BCUT2D eigenvalue weighted by Crippen LogP contribution is -2.15. The monoisotopic (exact) mass is 319 g/mol. The lowest BCUT2D eigenvalue weighted by molar-refractivity contribution is -0.384. The Labute approximate surface area is 129 Å². The van der Waals surface area contributed by atoms with Gasteiger partial charge in [-0.05, 0) is 30.0 Å². The molecule has 0 N–H and O–H groups in total. The number of nitro benzene ring substituents is 1. The van der Waals surface area contributed by atoms with Crippen molar-refractivity contribution in [2.75, 3.05) is 11.9 Å². The van der Waals surface area contributed by atoms with Crippen molar-refractivity contribution in [3.8, 4) is 0 Å². The number of aromatic nitrogens is 1. The first-order valence-corrected chi connectivity index (χ1v) is 8.03. The minimum atomic E-state index is -0.377. The molecule has 1 aromatic carbocycles. The lowest BCUT2D eigenvalue weighted by atomic mass is 10.3. The Kier molecular flexibility index (Phi) is 3.60. The molecule has 108 valence electrons. The summed E-state index contributed by atoms with van der Waals surface area (Å²) in [5, 5.41) is 13.8. The number of non-ortho nitro benzene ring substituents is 1. The molecule has 2 heterocycles. The van der Waals surface area contributed by atoms with Crippen molar-refractivity contribution in [2.45, 2.75) is 13.5 Å². The van der Waals surface area contributed by atoms with Crippen molar-refractivity contribution in [2.24, 2.45) is 0 Å². The van der Waals surface area contributed by atoms with Crippen LogP contribution >= 0.6 is 22.7 Å². The van der Waals surface area contributed by atoms with Crippen molar-refractivity contribution < 1.29 is 4.92 Å². The average molecular weight is 319 g/mol. The molecule has 0 aliphatic rings. The predicted molar refractivity (Wildman–Crippen MR) is 87.4 cm³/mol. The van der Waals surface area contributed by atoms with E-state index in [-0.39, 0.29) is 10.6 Å². The number of hydrogen-bond acceptors (Lipinski definition) is 6. The molecule has 0 aliphatic heterocycles. The second-order valence-electron chi connectivity index (χ2n) is 4.79. The summed E-state index contributed by atoms with van der Waals surface area (Å²) in [5.74, 6) is 0. The molecule has 7 heteroatoms. The van der Waals surface area contributed by atoms with Crippen LogP contribution in [0, 0.1) is 17.0 Å². The maximum Gasteiger partial charge on any atom is 0.270 e. The van der Waals surface area contributed by atoms with Crippen molar-refractivity contribution in [1.29, 1.82) is 0 Å². The molecule has 0 amide bonds. The van der Waals surface area contributed by atoms with Gasteiger partial charge in [-0.2, -0.15) is 0 Å². The third kappa shape index (κ3) is 2.74. The molecule has 0 saturated carbocycles.